The van der Waals surface area contributed by atoms with E-state index in [1.807, 2.05) is 31.3 Å². The summed E-state index contributed by atoms with van der Waals surface area (Å²) in [5.41, 5.74) is 2.17. The Bertz CT molecular complexity index is 305. The summed E-state index contributed by atoms with van der Waals surface area (Å²) in [4.78, 5) is 0. The van der Waals surface area contributed by atoms with Crippen LogP contribution in [0.15, 0.2) is 24.3 Å². The fraction of sp³-hybridized carbons (Fsp3) is 0.273. The van der Waals surface area contributed by atoms with Gasteiger partial charge in [0.15, 0.2) is 0 Å². The Morgan fingerprint density at radius 3 is 2.54 bits per heavy atom. The first-order valence-corrected chi connectivity index (χ1v) is 4.20. The second-order valence-electron chi connectivity index (χ2n) is 2.69. The van der Waals surface area contributed by atoms with Gasteiger partial charge in [0, 0.05) is 12.1 Å². The Morgan fingerprint density at radius 1 is 1.31 bits per heavy atom. The lowest BCUT2D eigenvalue weighted by atomic mass is 10.1. The minimum absolute atomic E-state index is 0.0851. The first-order valence-electron chi connectivity index (χ1n) is 4.20. The van der Waals surface area contributed by atoms with Crippen LogP contribution in [0.3, 0.4) is 0 Å². The third-order valence-corrected chi connectivity index (χ3v) is 1.65. The van der Waals surface area contributed by atoms with Crippen LogP contribution in [0.4, 0.5) is 0 Å². The monoisotopic (exact) mass is 175 g/mol. The van der Waals surface area contributed by atoms with Crippen molar-refractivity contribution in [2.24, 2.45) is 0 Å². The van der Waals surface area contributed by atoms with E-state index >= 15 is 0 Å². The van der Waals surface area contributed by atoms with Crippen molar-refractivity contribution in [1.82, 2.24) is 5.32 Å². The average molecular weight is 175 g/mol. The molecule has 13 heavy (non-hydrogen) atoms. The van der Waals surface area contributed by atoms with Crippen molar-refractivity contribution >= 4 is 0 Å². The maximum atomic E-state index is 8.48. The van der Waals surface area contributed by atoms with E-state index in [-0.39, 0.29) is 6.61 Å². The van der Waals surface area contributed by atoms with Crippen molar-refractivity contribution in [2.75, 3.05) is 13.7 Å². The van der Waals surface area contributed by atoms with E-state index in [4.69, 9.17) is 5.11 Å². The molecule has 0 unspecified atom stereocenters. The van der Waals surface area contributed by atoms with Gasteiger partial charge in [0.25, 0.3) is 0 Å². The second-order valence-corrected chi connectivity index (χ2v) is 2.69. The van der Waals surface area contributed by atoms with E-state index in [0.717, 1.165) is 12.1 Å². The number of hydrogen-bond donors (Lipinski definition) is 2. The van der Waals surface area contributed by atoms with Gasteiger partial charge in [0.05, 0.1) is 0 Å². The van der Waals surface area contributed by atoms with Crippen LogP contribution in [0.2, 0.25) is 0 Å². The molecule has 1 aromatic rings. The van der Waals surface area contributed by atoms with Crippen molar-refractivity contribution in [2.45, 2.75) is 6.54 Å². The Balaban J connectivity index is 2.69. The Labute approximate surface area is 78.6 Å². The molecule has 0 radical (unpaired) electrons. The molecule has 68 valence electrons. The first kappa shape index (κ1) is 9.79. The van der Waals surface area contributed by atoms with E-state index in [0.29, 0.717) is 0 Å². The molecule has 2 nitrogen and oxygen atoms in total. The van der Waals surface area contributed by atoms with Gasteiger partial charge >= 0.3 is 0 Å². The third kappa shape index (κ3) is 3.29. The number of rotatable bonds is 2. The van der Waals surface area contributed by atoms with Gasteiger partial charge in [-0.25, -0.2) is 0 Å². The summed E-state index contributed by atoms with van der Waals surface area (Å²) in [7, 11) is 1.92. The molecule has 0 aromatic heterocycles. The summed E-state index contributed by atoms with van der Waals surface area (Å²) >= 11 is 0. The molecule has 1 rings (SSSR count). The average Bonchev–Trinajstić information content (AvgIpc) is 2.17. The highest BCUT2D eigenvalue weighted by Gasteiger charge is 1.89. The summed E-state index contributed by atoms with van der Waals surface area (Å²) in [6, 6.07) is 7.96. The molecule has 0 saturated carbocycles. The lowest BCUT2D eigenvalue weighted by Crippen LogP contribution is -2.04. The van der Waals surface area contributed by atoms with Gasteiger partial charge < -0.3 is 10.4 Å². The maximum Gasteiger partial charge on any atom is 0.104 e. The molecule has 0 fully saturated rings. The molecular formula is C11H13NO. The van der Waals surface area contributed by atoms with Crippen LogP contribution < -0.4 is 5.32 Å². The van der Waals surface area contributed by atoms with Gasteiger partial charge in [-0.2, -0.15) is 0 Å². The number of benzene rings is 1. The number of aliphatic hydroxyl groups is 1. The highest BCUT2D eigenvalue weighted by molar-refractivity contribution is 5.36. The predicted molar refractivity (Wildman–Crippen MR) is 53.2 cm³/mol. The minimum Gasteiger partial charge on any atom is -0.384 e. The van der Waals surface area contributed by atoms with Gasteiger partial charge in [-0.3, -0.25) is 0 Å². The molecule has 2 N–H and O–H groups in total. The van der Waals surface area contributed by atoms with Gasteiger partial charge in [-0.05, 0) is 24.7 Å². The number of hydrogen-bond acceptors (Lipinski definition) is 2. The third-order valence-electron chi connectivity index (χ3n) is 1.65. The quantitative estimate of drug-likeness (QED) is 0.650. The molecule has 1 aromatic carbocycles. The molecule has 0 aliphatic heterocycles. The molecular weight excluding hydrogens is 162 g/mol. The number of nitrogens with one attached hydrogen (secondary N) is 1. The smallest absolute Gasteiger partial charge is 0.104 e. The summed E-state index contributed by atoms with van der Waals surface area (Å²) in [6.07, 6.45) is 0. The fourth-order valence-corrected chi connectivity index (χ4v) is 1.05. The molecule has 0 aliphatic rings. The normalized spacial score (nSPS) is 9.08. The van der Waals surface area contributed by atoms with Gasteiger partial charge in [-0.1, -0.05) is 24.0 Å². The molecule has 0 aliphatic carbocycles. The zero-order chi connectivity index (χ0) is 9.52. The summed E-state index contributed by atoms with van der Waals surface area (Å²) in [5.74, 6) is 5.45. The van der Waals surface area contributed by atoms with Crippen molar-refractivity contribution in [3.05, 3.63) is 35.4 Å². The second kappa shape index (κ2) is 5.36. The first-order chi connectivity index (χ1) is 6.36. The molecule has 2 heteroatoms. The minimum atomic E-state index is -0.0851. The fourth-order valence-electron chi connectivity index (χ4n) is 1.05. The Morgan fingerprint density at radius 2 is 2.00 bits per heavy atom. The zero-order valence-corrected chi connectivity index (χ0v) is 7.67. The van der Waals surface area contributed by atoms with Crippen molar-refractivity contribution in [3.8, 4) is 11.8 Å². The molecule has 0 spiro atoms. The van der Waals surface area contributed by atoms with Crippen molar-refractivity contribution in [1.29, 1.82) is 0 Å². The van der Waals surface area contributed by atoms with Crippen LogP contribution in [0.25, 0.3) is 0 Å². The predicted octanol–water partition coefficient (Wildman–Crippen LogP) is 0.750. The largest absolute Gasteiger partial charge is 0.384 e. The summed E-state index contributed by atoms with van der Waals surface area (Å²) in [5, 5.41) is 11.6. The van der Waals surface area contributed by atoms with E-state index < -0.39 is 0 Å². The zero-order valence-electron chi connectivity index (χ0n) is 7.67. The standard InChI is InChI=1S/C11H13NO/c1-12-9-11-6-4-10(5-7-11)3-2-8-13/h4-7,12-13H,8-9H2,1H3. The van der Waals surface area contributed by atoms with Crippen molar-refractivity contribution in [3.63, 3.8) is 0 Å². The lowest BCUT2D eigenvalue weighted by molar-refractivity contribution is 0.350. The lowest BCUT2D eigenvalue weighted by Gasteiger charge is -1.98. The maximum absolute atomic E-state index is 8.48. The van der Waals surface area contributed by atoms with E-state index in [2.05, 4.69) is 17.2 Å². The molecule has 0 bridgehead atoms. The summed E-state index contributed by atoms with van der Waals surface area (Å²) < 4.78 is 0. The van der Waals surface area contributed by atoms with Crippen LogP contribution in [-0.2, 0) is 6.54 Å². The van der Waals surface area contributed by atoms with Crippen molar-refractivity contribution < 1.29 is 5.11 Å². The SMILES string of the molecule is CNCc1ccc(C#CCO)cc1. The Hall–Kier alpha value is -1.30. The number of aliphatic hydroxyl groups excluding tert-OH is 1. The summed E-state index contributed by atoms with van der Waals surface area (Å²) in [6.45, 7) is 0.784. The highest BCUT2D eigenvalue weighted by Crippen LogP contribution is 2.02. The van der Waals surface area contributed by atoms with Gasteiger partial charge in [0.1, 0.15) is 6.61 Å². The molecule has 0 amide bonds. The molecule has 0 heterocycles. The van der Waals surface area contributed by atoms with E-state index in [1.54, 1.807) is 0 Å². The van der Waals surface area contributed by atoms with E-state index in [1.165, 1.54) is 5.56 Å². The Kier molecular flexibility index (Phi) is 4.04. The van der Waals surface area contributed by atoms with Gasteiger partial charge in [0.2, 0.25) is 0 Å². The van der Waals surface area contributed by atoms with Crippen LogP contribution in [0.5, 0.6) is 0 Å². The van der Waals surface area contributed by atoms with E-state index in [9.17, 15) is 0 Å². The highest BCUT2D eigenvalue weighted by atomic mass is 16.2. The van der Waals surface area contributed by atoms with Crippen LogP contribution >= 0.6 is 0 Å². The van der Waals surface area contributed by atoms with Crippen LogP contribution in [-0.4, -0.2) is 18.8 Å². The molecule has 0 saturated heterocycles. The topological polar surface area (TPSA) is 32.3 Å². The van der Waals surface area contributed by atoms with Gasteiger partial charge in [-0.15, -0.1) is 0 Å². The van der Waals surface area contributed by atoms with Crippen LogP contribution in [0, 0.1) is 11.8 Å². The molecule has 0 atom stereocenters. The van der Waals surface area contributed by atoms with Crippen LogP contribution in [0.1, 0.15) is 11.1 Å².